The number of piperazine rings is 1. The molecule has 0 atom stereocenters. The van der Waals surface area contributed by atoms with E-state index >= 15 is 0 Å². The molecule has 2 fully saturated rings. The molecular formula is C49H57ClN8O3S2. The molecule has 5 aromatic carbocycles. The molecule has 0 amide bonds. The van der Waals surface area contributed by atoms with Crippen LogP contribution in [0.2, 0.25) is 5.02 Å². The molecular weight excluding hydrogens is 848 g/mol. The van der Waals surface area contributed by atoms with Crippen LogP contribution in [0.25, 0.3) is 22.0 Å². The molecule has 0 aliphatic carbocycles. The number of ether oxygens (including phenoxy) is 1. The highest BCUT2D eigenvalue weighted by Gasteiger charge is 2.22. The van der Waals surface area contributed by atoms with Crippen LogP contribution in [0, 0.1) is 10.1 Å². The van der Waals surface area contributed by atoms with Gasteiger partial charge in [0.1, 0.15) is 17.8 Å². The van der Waals surface area contributed by atoms with Gasteiger partial charge in [0.15, 0.2) is 0 Å². The first-order valence-corrected chi connectivity index (χ1v) is 24.1. The largest absolute Gasteiger partial charge is 0.379 e. The number of anilines is 3. The number of nitro groups is 1. The lowest BCUT2D eigenvalue weighted by molar-refractivity contribution is -0.384. The molecule has 0 saturated carbocycles. The van der Waals surface area contributed by atoms with Crippen molar-refractivity contribution in [2.45, 2.75) is 61.7 Å². The molecule has 2 saturated heterocycles. The van der Waals surface area contributed by atoms with Crippen molar-refractivity contribution >= 4 is 69.1 Å². The first-order valence-electron chi connectivity index (χ1n) is 21.7. The molecule has 8 rings (SSSR count). The number of likely N-dealkylation sites (tertiary alicyclic amines) is 1. The molecule has 2 aliphatic rings. The molecule has 6 aromatic rings. The van der Waals surface area contributed by atoms with E-state index in [0.717, 1.165) is 98.1 Å². The third kappa shape index (κ3) is 13.3. The maximum absolute atomic E-state index is 12.0. The SMILES string of the molecule is CC(C)OC1CCN(CCCNc2ccc(SNc3ncnc4cc(N5CCN(Cc6ccccc6-c6ccc(Cl)cc6)CC5)ccc34)cc2[N+](=O)[O-])CC1.CSc1ccccc1. The van der Waals surface area contributed by atoms with Crippen molar-refractivity contribution in [3.63, 3.8) is 0 Å². The lowest BCUT2D eigenvalue weighted by atomic mass is 9.99. The van der Waals surface area contributed by atoms with E-state index in [1.54, 1.807) is 30.2 Å². The zero-order valence-corrected chi connectivity index (χ0v) is 38.7. The molecule has 11 nitrogen and oxygen atoms in total. The van der Waals surface area contributed by atoms with Crippen LogP contribution in [-0.4, -0.2) is 95.5 Å². The summed E-state index contributed by atoms with van der Waals surface area (Å²) >= 11 is 9.22. The summed E-state index contributed by atoms with van der Waals surface area (Å²) in [6, 6.07) is 38.6. The number of nitro benzene ring substituents is 1. The number of hydrogen-bond acceptors (Lipinski definition) is 12. The Morgan fingerprint density at radius 2 is 1.59 bits per heavy atom. The van der Waals surface area contributed by atoms with Crippen molar-refractivity contribution in [1.29, 1.82) is 0 Å². The second-order valence-corrected chi connectivity index (χ2v) is 18.2. The zero-order chi connectivity index (χ0) is 44.0. The number of aromatic nitrogens is 2. The topological polar surface area (TPSA) is 112 Å². The molecule has 0 unspecified atom stereocenters. The normalized spacial score (nSPS) is 15.0. The van der Waals surface area contributed by atoms with Gasteiger partial charge in [-0.25, -0.2) is 9.97 Å². The quantitative estimate of drug-likeness (QED) is 0.0317. The first kappa shape index (κ1) is 46.1. The molecule has 63 heavy (non-hydrogen) atoms. The number of benzene rings is 5. The van der Waals surface area contributed by atoms with Gasteiger partial charge < -0.3 is 24.6 Å². The van der Waals surface area contributed by atoms with Gasteiger partial charge in [0, 0.05) is 84.3 Å². The standard InChI is InChI=1S/C42H49ClN8O3S.C7H8S/c1-30(2)54-35-16-20-48(21-17-35)19-5-18-44-39-15-13-36(27-41(39)51(52)53)55-47-42-38-14-12-34(26-40(38)45-29-46-42)50-24-22-49(23-25-50)28-32-6-3-4-7-37(32)31-8-10-33(43)11-9-31;1-8-7-5-3-2-4-6-7/h3-4,6-15,26-27,29-30,35,44H,5,16-25,28H2,1-2H3,(H,45,46,47);2-6H,1H3. The van der Waals surface area contributed by atoms with Gasteiger partial charge >= 0.3 is 0 Å². The number of hydrogen-bond donors (Lipinski definition) is 2. The van der Waals surface area contributed by atoms with E-state index in [-0.39, 0.29) is 16.7 Å². The monoisotopic (exact) mass is 904 g/mol. The second-order valence-electron chi connectivity index (χ2n) is 16.0. The van der Waals surface area contributed by atoms with Crippen LogP contribution in [0.4, 0.5) is 22.9 Å². The average molecular weight is 906 g/mol. The Labute approximate surface area is 385 Å². The van der Waals surface area contributed by atoms with Crippen LogP contribution in [0.15, 0.2) is 131 Å². The Bertz CT molecular complexity index is 2380. The molecule has 0 spiro atoms. The van der Waals surface area contributed by atoms with E-state index in [1.165, 1.54) is 33.5 Å². The van der Waals surface area contributed by atoms with Crippen LogP contribution in [0.5, 0.6) is 0 Å². The number of piperidine rings is 1. The van der Waals surface area contributed by atoms with Crippen LogP contribution in [0.3, 0.4) is 0 Å². The molecule has 0 bridgehead atoms. The minimum Gasteiger partial charge on any atom is -0.379 e. The highest BCUT2D eigenvalue weighted by Crippen LogP contribution is 2.33. The molecule has 2 aliphatic heterocycles. The molecule has 0 radical (unpaired) electrons. The van der Waals surface area contributed by atoms with Crippen LogP contribution >= 0.6 is 35.3 Å². The number of nitrogens with one attached hydrogen (secondary N) is 2. The van der Waals surface area contributed by atoms with Crippen molar-refractivity contribution in [1.82, 2.24) is 19.8 Å². The Balaban J connectivity index is 0.000000670. The second kappa shape index (κ2) is 23.2. The molecule has 3 heterocycles. The van der Waals surface area contributed by atoms with Gasteiger partial charge in [-0.2, -0.15) is 0 Å². The molecule has 330 valence electrons. The number of halogens is 1. The molecule has 2 N–H and O–H groups in total. The van der Waals surface area contributed by atoms with Gasteiger partial charge in [-0.3, -0.25) is 15.0 Å². The van der Waals surface area contributed by atoms with E-state index in [0.29, 0.717) is 24.2 Å². The van der Waals surface area contributed by atoms with Gasteiger partial charge in [-0.15, -0.1) is 11.8 Å². The van der Waals surface area contributed by atoms with Crippen molar-refractivity contribution in [3.05, 3.63) is 142 Å². The fraction of sp³-hybridized carbons (Fsp3) is 0.347. The van der Waals surface area contributed by atoms with Crippen molar-refractivity contribution < 1.29 is 9.66 Å². The minimum absolute atomic E-state index is 0.0569. The van der Waals surface area contributed by atoms with Crippen LogP contribution in [-0.2, 0) is 11.3 Å². The lowest BCUT2D eigenvalue weighted by Gasteiger charge is -2.36. The highest BCUT2D eigenvalue weighted by molar-refractivity contribution is 8.00. The predicted molar refractivity (Wildman–Crippen MR) is 264 cm³/mol. The van der Waals surface area contributed by atoms with Gasteiger partial charge in [-0.1, -0.05) is 66.2 Å². The van der Waals surface area contributed by atoms with E-state index in [1.807, 2.05) is 36.4 Å². The molecule has 1 aromatic heterocycles. The summed E-state index contributed by atoms with van der Waals surface area (Å²) in [6.07, 6.45) is 7.27. The lowest BCUT2D eigenvalue weighted by Crippen LogP contribution is -2.46. The van der Waals surface area contributed by atoms with Crippen LogP contribution < -0.4 is 14.9 Å². The Hall–Kier alpha value is -4.89. The zero-order valence-electron chi connectivity index (χ0n) is 36.3. The fourth-order valence-corrected chi connectivity index (χ4v) is 9.26. The predicted octanol–water partition coefficient (Wildman–Crippen LogP) is 11.4. The number of rotatable bonds is 16. The van der Waals surface area contributed by atoms with Gasteiger partial charge in [0.05, 0.1) is 22.6 Å². The summed E-state index contributed by atoms with van der Waals surface area (Å²) in [6.45, 7) is 12.5. The summed E-state index contributed by atoms with van der Waals surface area (Å²) in [5.41, 5.74) is 6.29. The van der Waals surface area contributed by atoms with E-state index in [4.69, 9.17) is 16.3 Å². The third-order valence-electron chi connectivity index (χ3n) is 11.3. The third-order valence-corrected chi connectivity index (χ3v) is 13.1. The Morgan fingerprint density at radius 1 is 0.841 bits per heavy atom. The van der Waals surface area contributed by atoms with Gasteiger partial charge in [-0.05, 0) is 129 Å². The summed E-state index contributed by atoms with van der Waals surface area (Å²) in [5.74, 6) is 0.662. The maximum atomic E-state index is 12.0. The van der Waals surface area contributed by atoms with Gasteiger partial charge in [0.25, 0.3) is 5.69 Å². The van der Waals surface area contributed by atoms with Gasteiger partial charge in [0.2, 0.25) is 0 Å². The smallest absolute Gasteiger partial charge is 0.293 e. The van der Waals surface area contributed by atoms with Crippen molar-refractivity contribution in [2.24, 2.45) is 0 Å². The Kier molecular flexibility index (Phi) is 17.0. The maximum Gasteiger partial charge on any atom is 0.293 e. The Morgan fingerprint density at radius 3 is 2.30 bits per heavy atom. The number of thioether (sulfide) groups is 1. The van der Waals surface area contributed by atoms with Crippen molar-refractivity contribution in [3.8, 4) is 11.1 Å². The minimum atomic E-state index is -0.326. The average Bonchev–Trinajstić information content (AvgIpc) is 3.31. The number of nitrogens with zero attached hydrogens (tertiary/aromatic N) is 6. The van der Waals surface area contributed by atoms with Crippen molar-refractivity contribution in [2.75, 3.05) is 73.6 Å². The highest BCUT2D eigenvalue weighted by atomic mass is 35.5. The summed E-state index contributed by atoms with van der Waals surface area (Å²) in [7, 11) is 0. The van der Waals surface area contributed by atoms with E-state index < -0.39 is 0 Å². The van der Waals surface area contributed by atoms with E-state index in [9.17, 15) is 10.1 Å². The molecule has 14 heteroatoms. The van der Waals surface area contributed by atoms with Crippen LogP contribution in [0.1, 0.15) is 38.7 Å². The summed E-state index contributed by atoms with van der Waals surface area (Å²) < 4.78 is 9.28. The van der Waals surface area contributed by atoms with E-state index in [2.05, 4.69) is 122 Å². The summed E-state index contributed by atoms with van der Waals surface area (Å²) in [4.78, 5) is 30.2. The fourth-order valence-electron chi connectivity index (χ4n) is 8.02. The number of fused-ring (bicyclic) bond motifs is 1. The first-order chi connectivity index (χ1) is 30.7. The summed E-state index contributed by atoms with van der Waals surface area (Å²) in [5, 5.41) is 17.0.